The van der Waals surface area contributed by atoms with Crippen molar-refractivity contribution in [1.82, 2.24) is 4.90 Å². The van der Waals surface area contributed by atoms with E-state index in [4.69, 9.17) is 21.1 Å². The van der Waals surface area contributed by atoms with Gasteiger partial charge in [0.2, 0.25) is 0 Å². The van der Waals surface area contributed by atoms with Crippen molar-refractivity contribution >= 4 is 35.2 Å². The van der Waals surface area contributed by atoms with Crippen LogP contribution in [0.5, 0.6) is 0 Å². The Labute approximate surface area is 149 Å². The normalized spacial score (nSPS) is 10.7. The van der Waals surface area contributed by atoms with Crippen LogP contribution in [0.25, 0.3) is 0 Å². The molecule has 1 aromatic carbocycles. The second-order valence-electron chi connectivity index (χ2n) is 5.22. The molecule has 128 valence electrons. The fraction of sp³-hybridized carbons (Fsp3) is 0.294. The van der Waals surface area contributed by atoms with Crippen molar-refractivity contribution in [2.24, 2.45) is 0 Å². The summed E-state index contributed by atoms with van der Waals surface area (Å²) in [6.45, 7) is 3.77. The first-order valence-electron chi connectivity index (χ1n) is 7.33. The van der Waals surface area contributed by atoms with Gasteiger partial charge >= 0.3 is 5.97 Å². The first kappa shape index (κ1) is 18.4. The molecule has 7 heteroatoms. The number of carboxylic acids is 1. The van der Waals surface area contributed by atoms with Crippen LogP contribution in [0.2, 0.25) is 5.02 Å². The minimum absolute atomic E-state index is 0.107. The van der Waals surface area contributed by atoms with Gasteiger partial charge in [-0.3, -0.25) is 4.79 Å². The van der Waals surface area contributed by atoms with E-state index in [0.717, 1.165) is 10.6 Å². The van der Waals surface area contributed by atoms with Crippen LogP contribution < -0.4 is 0 Å². The van der Waals surface area contributed by atoms with E-state index in [1.807, 2.05) is 13.0 Å². The van der Waals surface area contributed by atoms with Crippen molar-refractivity contribution in [3.8, 4) is 0 Å². The molecule has 0 saturated carbocycles. The van der Waals surface area contributed by atoms with Gasteiger partial charge in [-0.05, 0) is 36.9 Å². The fourth-order valence-corrected chi connectivity index (χ4v) is 3.24. The van der Waals surface area contributed by atoms with Crippen LogP contribution >= 0.6 is 23.4 Å². The molecule has 0 aliphatic rings. The minimum atomic E-state index is -1.05. The van der Waals surface area contributed by atoms with Gasteiger partial charge in [-0.15, -0.1) is 11.8 Å². The topological polar surface area (TPSA) is 70.8 Å². The molecule has 1 heterocycles. The van der Waals surface area contributed by atoms with Crippen LogP contribution in [0, 0.1) is 6.92 Å². The van der Waals surface area contributed by atoms with Gasteiger partial charge in [-0.2, -0.15) is 0 Å². The molecule has 2 aromatic rings. The van der Waals surface area contributed by atoms with Crippen molar-refractivity contribution in [3.63, 3.8) is 0 Å². The summed E-state index contributed by atoms with van der Waals surface area (Å²) < 4.78 is 5.43. The van der Waals surface area contributed by atoms with Crippen LogP contribution in [0.3, 0.4) is 0 Å². The first-order chi connectivity index (χ1) is 11.3. The zero-order chi connectivity index (χ0) is 17.9. The van der Waals surface area contributed by atoms with E-state index in [9.17, 15) is 9.59 Å². The molecule has 1 amide bonds. The molecule has 0 bridgehead atoms. The molecule has 0 atom stereocenters. The number of thioether (sulfide) groups is 1. The maximum absolute atomic E-state index is 12.7. The van der Waals surface area contributed by atoms with Crippen molar-refractivity contribution < 1.29 is 19.1 Å². The summed E-state index contributed by atoms with van der Waals surface area (Å²) in [6.07, 6.45) is 0. The second-order valence-corrected chi connectivity index (χ2v) is 6.96. The molecule has 1 N–H and O–H groups in total. The number of nitrogens with zero attached hydrogens (tertiary/aromatic N) is 1. The number of aryl methyl sites for hydroxylation is 1. The monoisotopic (exact) mass is 367 g/mol. The lowest BCUT2D eigenvalue weighted by atomic mass is 10.2. The van der Waals surface area contributed by atoms with E-state index in [1.54, 1.807) is 37.9 Å². The van der Waals surface area contributed by atoms with Crippen LogP contribution in [-0.2, 0) is 6.54 Å². The van der Waals surface area contributed by atoms with Gasteiger partial charge < -0.3 is 14.4 Å². The van der Waals surface area contributed by atoms with Crippen LogP contribution in [0.4, 0.5) is 0 Å². The highest BCUT2D eigenvalue weighted by molar-refractivity contribution is 7.99. The number of furan rings is 1. The van der Waals surface area contributed by atoms with Gasteiger partial charge in [-0.25, -0.2) is 4.79 Å². The number of benzene rings is 1. The number of hydrogen-bond acceptors (Lipinski definition) is 4. The molecule has 0 aliphatic heterocycles. The van der Waals surface area contributed by atoms with E-state index < -0.39 is 5.97 Å². The Morgan fingerprint density at radius 1 is 1.29 bits per heavy atom. The Morgan fingerprint density at radius 3 is 2.58 bits per heavy atom. The molecule has 5 nitrogen and oxygen atoms in total. The molecule has 0 radical (unpaired) electrons. The number of halogens is 1. The highest BCUT2D eigenvalue weighted by atomic mass is 35.5. The largest absolute Gasteiger partial charge is 0.478 e. The highest BCUT2D eigenvalue weighted by Gasteiger charge is 2.20. The predicted molar refractivity (Wildman–Crippen MR) is 94.1 cm³/mol. The average molecular weight is 368 g/mol. The molecule has 0 unspecified atom stereocenters. The lowest BCUT2D eigenvalue weighted by molar-refractivity contribution is 0.0694. The fourth-order valence-electron chi connectivity index (χ4n) is 2.30. The summed E-state index contributed by atoms with van der Waals surface area (Å²) in [5.74, 6) is 0.341. The summed E-state index contributed by atoms with van der Waals surface area (Å²) >= 11 is 7.59. The third-order valence-corrected chi connectivity index (χ3v) is 4.60. The van der Waals surface area contributed by atoms with E-state index in [2.05, 4.69) is 0 Å². The molecule has 2 rings (SSSR count). The zero-order valence-corrected chi connectivity index (χ0v) is 15.2. The molecule has 0 fully saturated rings. The minimum Gasteiger partial charge on any atom is -0.478 e. The number of carboxylic acid groups (broad SMARTS) is 1. The number of hydrogen-bond donors (Lipinski definition) is 1. The Morgan fingerprint density at radius 2 is 2.00 bits per heavy atom. The third kappa shape index (κ3) is 4.13. The predicted octanol–water partition coefficient (Wildman–Crippen LogP) is 4.32. The zero-order valence-electron chi connectivity index (χ0n) is 13.6. The first-order valence-corrected chi connectivity index (χ1v) is 8.70. The number of carbonyl (C=O) groups excluding carboxylic acids is 1. The number of rotatable bonds is 6. The molecule has 1 aromatic heterocycles. The molecule has 0 saturated heterocycles. The number of amides is 1. The summed E-state index contributed by atoms with van der Waals surface area (Å²) in [4.78, 5) is 26.1. The van der Waals surface area contributed by atoms with Gasteiger partial charge in [0.15, 0.2) is 0 Å². The lowest BCUT2D eigenvalue weighted by Crippen LogP contribution is -2.26. The Bertz CT molecular complexity index is 772. The van der Waals surface area contributed by atoms with Crippen molar-refractivity contribution in [1.29, 1.82) is 0 Å². The highest BCUT2D eigenvalue weighted by Crippen LogP contribution is 2.27. The second kappa shape index (κ2) is 7.77. The quantitative estimate of drug-likeness (QED) is 0.770. The average Bonchev–Trinajstić information content (AvgIpc) is 2.89. The molecular formula is C17H18ClNO4S. The molecule has 0 aliphatic carbocycles. The van der Waals surface area contributed by atoms with E-state index in [0.29, 0.717) is 22.1 Å². The number of carbonyl (C=O) groups is 2. The number of aromatic carboxylic acids is 1. The Balaban J connectivity index is 2.22. The molecule has 0 spiro atoms. The summed E-state index contributed by atoms with van der Waals surface area (Å²) in [7, 11) is 1.64. The standard InChI is InChI=1S/C17H18ClNO4S/c1-4-24-15-6-5-11(18)7-14(15)16(20)19(3)9-12-8-13(17(21)22)10(2)23-12/h5-8H,4,9H2,1-3H3,(H,21,22). The van der Waals surface area contributed by atoms with Crippen molar-refractivity contribution in [2.75, 3.05) is 12.8 Å². The Hall–Kier alpha value is -1.92. The summed E-state index contributed by atoms with van der Waals surface area (Å²) in [5, 5.41) is 9.56. The lowest BCUT2D eigenvalue weighted by Gasteiger charge is -2.18. The van der Waals surface area contributed by atoms with Crippen molar-refractivity contribution in [2.45, 2.75) is 25.3 Å². The van der Waals surface area contributed by atoms with Gasteiger partial charge in [-0.1, -0.05) is 18.5 Å². The van der Waals surface area contributed by atoms with Crippen LogP contribution in [0.15, 0.2) is 33.6 Å². The van der Waals surface area contributed by atoms with Crippen molar-refractivity contribution in [3.05, 3.63) is 51.9 Å². The maximum atomic E-state index is 12.7. The van der Waals surface area contributed by atoms with E-state index >= 15 is 0 Å². The Kier molecular flexibility index (Phi) is 5.96. The van der Waals surface area contributed by atoms with Gasteiger partial charge in [0.25, 0.3) is 5.91 Å². The smallest absolute Gasteiger partial charge is 0.339 e. The van der Waals surface area contributed by atoms with Crippen LogP contribution in [-0.4, -0.2) is 34.7 Å². The molecular weight excluding hydrogens is 350 g/mol. The van der Waals surface area contributed by atoms with Gasteiger partial charge in [0.05, 0.1) is 12.1 Å². The van der Waals surface area contributed by atoms with Gasteiger partial charge in [0, 0.05) is 17.0 Å². The SMILES string of the molecule is CCSc1ccc(Cl)cc1C(=O)N(C)Cc1cc(C(=O)O)c(C)o1. The van der Waals surface area contributed by atoms with E-state index in [-0.39, 0.29) is 18.0 Å². The molecule has 24 heavy (non-hydrogen) atoms. The van der Waals surface area contributed by atoms with E-state index in [1.165, 1.54) is 11.0 Å². The van der Waals surface area contributed by atoms with Gasteiger partial charge in [0.1, 0.15) is 17.1 Å². The summed E-state index contributed by atoms with van der Waals surface area (Å²) in [5.41, 5.74) is 0.634. The third-order valence-electron chi connectivity index (χ3n) is 3.41. The van der Waals surface area contributed by atoms with Crippen LogP contribution in [0.1, 0.15) is 39.2 Å². The maximum Gasteiger partial charge on any atom is 0.339 e. The summed E-state index contributed by atoms with van der Waals surface area (Å²) in [6, 6.07) is 6.68.